The molecule has 4 heteroatoms. The molecule has 1 aromatic rings. The Morgan fingerprint density at radius 2 is 1.73 bits per heavy atom. The van der Waals surface area contributed by atoms with Crippen molar-refractivity contribution in [3.8, 4) is 5.75 Å². The Kier molecular flexibility index (Phi) is 7.19. The number of phenolic OH excluding ortho intramolecular Hbond substituents is 1. The standard InChI is InChI=1S/C7H8O.2ClH.Ti/c1-6-4-2-3-5-7(6)8;;;/h2-5,8H,1H3;2*1H;/q;;;+2/p-2. The monoisotopic (exact) mass is 226 g/mol. The second-order valence-electron chi connectivity index (χ2n) is 1.86. The number of aromatic hydroxyl groups is 1. The van der Waals surface area contributed by atoms with E-state index in [0.717, 1.165) is 5.56 Å². The van der Waals surface area contributed by atoms with Gasteiger partial charge in [-0.15, -0.1) is 0 Å². The van der Waals surface area contributed by atoms with Gasteiger partial charge in [0.25, 0.3) is 0 Å². The third kappa shape index (κ3) is 5.57. The molecule has 0 aliphatic carbocycles. The van der Waals surface area contributed by atoms with Crippen LogP contribution in [0.25, 0.3) is 0 Å². The Hall–Kier alpha value is 0.314. The van der Waals surface area contributed by atoms with Gasteiger partial charge in [0.05, 0.1) is 0 Å². The zero-order valence-electron chi connectivity index (χ0n) is 6.01. The van der Waals surface area contributed by atoms with Crippen LogP contribution < -0.4 is 0 Å². The van der Waals surface area contributed by atoms with Gasteiger partial charge < -0.3 is 5.11 Å². The van der Waals surface area contributed by atoms with Crippen LogP contribution in [0.5, 0.6) is 5.75 Å². The van der Waals surface area contributed by atoms with Crippen molar-refractivity contribution in [1.82, 2.24) is 0 Å². The van der Waals surface area contributed by atoms with Crippen LogP contribution >= 0.6 is 18.6 Å². The van der Waals surface area contributed by atoms with E-state index < -0.39 is 17.0 Å². The quantitative estimate of drug-likeness (QED) is 0.675. The zero-order valence-corrected chi connectivity index (χ0v) is 9.09. The average molecular weight is 227 g/mol. The number of benzene rings is 1. The van der Waals surface area contributed by atoms with E-state index in [4.69, 9.17) is 23.7 Å². The average Bonchev–Trinajstić information content (AvgIpc) is 1.97. The molecule has 0 aliphatic heterocycles. The summed E-state index contributed by atoms with van der Waals surface area (Å²) in [5.41, 5.74) is 0.924. The number of para-hydroxylation sites is 1. The summed E-state index contributed by atoms with van der Waals surface area (Å²) < 4.78 is 0. The fraction of sp³-hybridized carbons (Fsp3) is 0.143. The van der Waals surface area contributed by atoms with Crippen molar-refractivity contribution in [3.63, 3.8) is 0 Å². The Morgan fingerprint density at radius 3 is 2.00 bits per heavy atom. The molecule has 0 bridgehead atoms. The van der Waals surface area contributed by atoms with Crippen LogP contribution in [0.4, 0.5) is 0 Å². The van der Waals surface area contributed by atoms with E-state index in [0.29, 0.717) is 5.75 Å². The van der Waals surface area contributed by atoms with Gasteiger partial charge in [-0.25, -0.2) is 0 Å². The van der Waals surface area contributed by atoms with E-state index in [1.807, 2.05) is 25.1 Å². The summed E-state index contributed by atoms with van der Waals surface area (Å²) in [5.74, 6) is 0.368. The summed E-state index contributed by atoms with van der Waals surface area (Å²) in [7, 11) is 9.78. The van der Waals surface area contributed by atoms with Gasteiger partial charge >= 0.3 is 35.6 Å². The first-order valence-corrected chi connectivity index (χ1v) is 7.23. The fourth-order valence-corrected chi connectivity index (χ4v) is 0.563. The molecule has 0 saturated carbocycles. The molecule has 0 spiro atoms. The third-order valence-electron chi connectivity index (χ3n) is 1.12. The molecule has 0 atom stereocenters. The van der Waals surface area contributed by atoms with Crippen molar-refractivity contribution in [2.24, 2.45) is 0 Å². The molecule has 1 N–H and O–H groups in total. The predicted octanol–water partition coefficient (Wildman–Crippen LogP) is 3.08. The van der Waals surface area contributed by atoms with Gasteiger partial charge in [0, 0.05) is 0 Å². The molecule has 0 saturated heterocycles. The first kappa shape index (κ1) is 11.3. The van der Waals surface area contributed by atoms with E-state index in [-0.39, 0.29) is 0 Å². The molecule has 1 aromatic carbocycles. The van der Waals surface area contributed by atoms with Gasteiger partial charge in [-0.05, 0) is 18.6 Å². The number of hydrogen-bond acceptors (Lipinski definition) is 1. The Labute approximate surface area is 83.0 Å². The van der Waals surface area contributed by atoms with Crippen molar-refractivity contribution in [3.05, 3.63) is 29.8 Å². The summed E-state index contributed by atoms with van der Waals surface area (Å²) in [5, 5.41) is 8.92. The first-order chi connectivity index (χ1) is 5.22. The Balaban J connectivity index is 0.000000292. The molecule has 60 valence electrons. The van der Waals surface area contributed by atoms with Crippen LogP contribution in [0, 0.1) is 6.92 Å². The number of halogens is 2. The number of rotatable bonds is 0. The van der Waals surface area contributed by atoms with E-state index in [1.165, 1.54) is 0 Å². The number of aryl methyl sites for hydroxylation is 1. The minimum absolute atomic E-state index is 0.368. The van der Waals surface area contributed by atoms with Gasteiger partial charge in [-0.3, -0.25) is 0 Å². The van der Waals surface area contributed by atoms with Gasteiger partial charge in [0.2, 0.25) is 0 Å². The van der Waals surface area contributed by atoms with E-state index in [2.05, 4.69) is 0 Å². The third-order valence-corrected chi connectivity index (χ3v) is 1.12. The topological polar surface area (TPSA) is 20.2 Å². The molecule has 0 unspecified atom stereocenters. The normalized spacial score (nSPS) is 7.91. The van der Waals surface area contributed by atoms with Crippen LogP contribution in [0.2, 0.25) is 0 Å². The van der Waals surface area contributed by atoms with Gasteiger partial charge in [-0.2, -0.15) is 0 Å². The summed E-state index contributed by atoms with van der Waals surface area (Å²) in [4.78, 5) is 0. The maximum absolute atomic E-state index is 8.92. The molecule has 1 nitrogen and oxygen atoms in total. The maximum atomic E-state index is 8.92. The van der Waals surface area contributed by atoms with Crippen molar-refractivity contribution in [2.45, 2.75) is 6.92 Å². The molecule has 0 aromatic heterocycles. The molecule has 1 rings (SSSR count). The summed E-state index contributed by atoms with van der Waals surface area (Å²) >= 11 is -0.556. The van der Waals surface area contributed by atoms with Crippen LogP contribution in [-0.4, -0.2) is 5.11 Å². The zero-order chi connectivity index (χ0) is 8.69. The molecule has 0 fully saturated rings. The molecule has 11 heavy (non-hydrogen) atoms. The Bertz CT molecular complexity index is 184. The molecule has 0 heterocycles. The predicted molar refractivity (Wildman–Crippen MR) is 44.5 cm³/mol. The second kappa shape index (κ2) is 6.99. The second-order valence-corrected chi connectivity index (χ2v) is 4.44. The molecular formula is C7H8Cl2OTi. The Morgan fingerprint density at radius 1 is 1.27 bits per heavy atom. The fourth-order valence-electron chi connectivity index (χ4n) is 0.563. The summed E-state index contributed by atoms with van der Waals surface area (Å²) in [6, 6.07) is 7.25. The summed E-state index contributed by atoms with van der Waals surface area (Å²) in [6.07, 6.45) is 0. The van der Waals surface area contributed by atoms with E-state index in [9.17, 15) is 0 Å². The van der Waals surface area contributed by atoms with Crippen LogP contribution in [0.3, 0.4) is 0 Å². The number of hydrogen-bond donors (Lipinski definition) is 1. The molecule has 0 amide bonds. The molecule has 0 aliphatic rings. The van der Waals surface area contributed by atoms with Crippen molar-refractivity contribution >= 4 is 18.6 Å². The van der Waals surface area contributed by atoms with Crippen LogP contribution in [-0.2, 0) is 17.0 Å². The minimum atomic E-state index is -0.556. The molecular weight excluding hydrogens is 219 g/mol. The van der Waals surface area contributed by atoms with E-state index in [1.54, 1.807) is 6.07 Å². The van der Waals surface area contributed by atoms with Crippen molar-refractivity contribution in [1.29, 1.82) is 0 Å². The van der Waals surface area contributed by atoms with Crippen LogP contribution in [0.15, 0.2) is 24.3 Å². The first-order valence-electron chi connectivity index (χ1n) is 2.93. The van der Waals surface area contributed by atoms with Crippen molar-refractivity contribution in [2.75, 3.05) is 0 Å². The summed E-state index contributed by atoms with van der Waals surface area (Å²) in [6.45, 7) is 1.87. The van der Waals surface area contributed by atoms with Gasteiger partial charge in [0.1, 0.15) is 5.75 Å². The van der Waals surface area contributed by atoms with E-state index >= 15 is 0 Å². The van der Waals surface area contributed by atoms with Crippen molar-refractivity contribution < 1.29 is 22.1 Å². The number of phenols is 1. The van der Waals surface area contributed by atoms with Gasteiger partial charge in [-0.1, -0.05) is 18.2 Å². The SMILES string of the molecule is Cc1ccccc1O.[Cl][Ti][Cl]. The van der Waals surface area contributed by atoms with Gasteiger partial charge in [0.15, 0.2) is 0 Å². The van der Waals surface area contributed by atoms with Crippen LogP contribution in [0.1, 0.15) is 5.56 Å². The molecule has 0 radical (unpaired) electrons.